The molecule has 0 atom stereocenters. The van der Waals surface area contributed by atoms with Crippen molar-refractivity contribution in [3.8, 4) is 0 Å². The van der Waals surface area contributed by atoms with Gasteiger partial charge in [-0.15, -0.1) is 24.0 Å². The van der Waals surface area contributed by atoms with E-state index < -0.39 is 5.97 Å². The largest absolute Gasteiger partial charge is 0.478 e. The maximum Gasteiger partial charge on any atom is 0.330 e. The number of halogens is 2. The van der Waals surface area contributed by atoms with Crippen LogP contribution in [0.5, 0.6) is 0 Å². The van der Waals surface area contributed by atoms with E-state index in [4.69, 9.17) is 16.7 Å². The Hall–Kier alpha value is -4.85. The summed E-state index contributed by atoms with van der Waals surface area (Å²) in [4.78, 5) is 38.4. The van der Waals surface area contributed by atoms with E-state index in [1.54, 1.807) is 6.92 Å². The number of hydrogen-bond acceptors (Lipinski definition) is 5. The maximum absolute atomic E-state index is 12.2. The lowest BCUT2D eigenvalue weighted by atomic mass is 10.0. The minimum Gasteiger partial charge on any atom is -0.478 e. The summed E-state index contributed by atoms with van der Waals surface area (Å²) >= 11 is 5.53. The molecule has 0 radical (unpaired) electrons. The Morgan fingerprint density at radius 2 is 0.846 bits per heavy atom. The van der Waals surface area contributed by atoms with Crippen molar-refractivity contribution in [3.63, 3.8) is 0 Å². The first-order valence-corrected chi connectivity index (χ1v) is 17.2. The molecule has 0 amide bonds. The summed E-state index contributed by atoms with van der Waals surface area (Å²) in [5, 5.41) is 8.08. The number of ketones is 2. The highest BCUT2D eigenvalue weighted by molar-refractivity contribution is 6.17. The van der Waals surface area contributed by atoms with Crippen LogP contribution in [0.25, 0.3) is 0 Å². The molecular formula is C44H50Cl2N2O4. The molecule has 1 N–H and O–H groups in total. The highest BCUT2D eigenvalue weighted by Gasteiger charge is 2.09. The van der Waals surface area contributed by atoms with Gasteiger partial charge in [0.1, 0.15) is 0 Å². The number of carbonyl (C=O) groups excluding carboxylic acids is 2. The summed E-state index contributed by atoms with van der Waals surface area (Å²) in [6.45, 7) is 6.81. The number of hydrogen-bond donors (Lipinski definition) is 1. The number of alkyl halides is 1. The van der Waals surface area contributed by atoms with E-state index in [2.05, 4.69) is 16.4 Å². The van der Waals surface area contributed by atoms with Gasteiger partial charge < -0.3 is 14.9 Å². The van der Waals surface area contributed by atoms with E-state index >= 15 is 0 Å². The van der Waals surface area contributed by atoms with Gasteiger partial charge >= 0.3 is 5.97 Å². The van der Waals surface area contributed by atoms with Crippen molar-refractivity contribution in [2.45, 2.75) is 32.3 Å². The molecule has 8 heteroatoms. The third-order valence-electron chi connectivity index (χ3n) is 7.23. The van der Waals surface area contributed by atoms with Gasteiger partial charge in [0, 0.05) is 46.8 Å². The predicted octanol–water partition coefficient (Wildman–Crippen LogP) is 9.84. The zero-order chi connectivity index (χ0) is 37.6. The van der Waals surface area contributed by atoms with E-state index in [1.807, 2.05) is 168 Å². The van der Waals surface area contributed by atoms with Crippen molar-refractivity contribution < 1.29 is 19.5 Å². The number of rotatable bonds is 11. The van der Waals surface area contributed by atoms with E-state index in [1.165, 1.54) is 16.7 Å². The van der Waals surface area contributed by atoms with Gasteiger partial charge in [0.15, 0.2) is 11.6 Å². The van der Waals surface area contributed by atoms with Crippen LogP contribution in [0, 0.1) is 0 Å². The Bertz CT molecular complexity index is 1660. The fraction of sp³-hybridized carbons (Fsp3) is 0.205. The summed E-state index contributed by atoms with van der Waals surface area (Å²) < 4.78 is 0. The first-order chi connectivity index (χ1) is 24.4. The molecule has 52 heavy (non-hydrogen) atoms. The monoisotopic (exact) mass is 740 g/mol. The fourth-order valence-electron chi connectivity index (χ4n) is 4.48. The number of carbonyl (C=O) groups is 3. The number of aliphatic carboxylic acids is 1. The Labute approximate surface area is 320 Å². The Morgan fingerprint density at radius 3 is 1.08 bits per heavy atom. The van der Waals surface area contributed by atoms with Crippen LogP contribution in [-0.4, -0.2) is 60.6 Å². The number of benzene rings is 5. The molecule has 0 fully saturated rings. The molecule has 0 saturated carbocycles. The predicted molar refractivity (Wildman–Crippen MR) is 218 cm³/mol. The Kier molecular flexibility index (Phi) is 21.9. The molecule has 0 heterocycles. The van der Waals surface area contributed by atoms with Gasteiger partial charge in [-0.25, -0.2) is 4.79 Å². The summed E-state index contributed by atoms with van der Waals surface area (Å²) in [5.41, 5.74) is 6.81. The topological polar surface area (TPSA) is 77.9 Å². The van der Waals surface area contributed by atoms with E-state index in [0.717, 1.165) is 35.3 Å². The third kappa shape index (κ3) is 17.4. The number of carboxylic acids is 1. The van der Waals surface area contributed by atoms with Crippen molar-refractivity contribution in [2.24, 2.45) is 0 Å². The average molecular weight is 742 g/mol. The second-order valence-electron chi connectivity index (χ2n) is 12.1. The normalized spacial score (nSPS) is 9.85. The van der Waals surface area contributed by atoms with Gasteiger partial charge in [-0.3, -0.25) is 9.59 Å². The Morgan fingerprint density at radius 1 is 0.538 bits per heavy atom. The molecule has 0 spiro atoms. The van der Waals surface area contributed by atoms with Crippen molar-refractivity contribution >= 4 is 41.5 Å². The van der Waals surface area contributed by atoms with E-state index in [-0.39, 0.29) is 29.5 Å². The molecule has 0 aromatic heterocycles. The zero-order valence-corrected chi connectivity index (χ0v) is 32.2. The molecule has 0 saturated heterocycles. The maximum atomic E-state index is 12.2. The van der Waals surface area contributed by atoms with E-state index in [0.29, 0.717) is 12.3 Å². The van der Waals surface area contributed by atoms with E-state index in [9.17, 15) is 14.4 Å². The lowest BCUT2D eigenvalue weighted by Gasteiger charge is -2.09. The minimum absolute atomic E-state index is 0. The van der Waals surface area contributed by atoms with Gasteiger partial charge in [0.05, 0.1) is 0 Å². The first kappa shape index (κ1) is 45.2. The van der Waals surface area contributed by atoms with Gasteiger partial charge in [-0.2, -0.15) is 0 Å². The van der Waals surface area contributed by atoms with Crippen LogP contribution >= 0.6 is 24.0 Å². The van der Waals surface area contributed by atoms with Crippen molar-refractivity contribution in [1.82, 2.24) is 9.80 Å². The second kappa shape index (κ2) is 25.2. The van der Waals surface area contributed by atoms with Crippen LogP contribution in [0.4, 0.5) is 0 Å². The third-order valence-corrected chi connectivity index (χ3v) is 7.54. The summed E-state index contributed by atoms with van der Waals surface area (Å²) in [6, 6.07) is 44.3. The molecule has 0 aliphatic heterocycles. The van der Waals surface area contributed by atoms with Crippen LogP contribution in [-0.2, 0) is 23.8 Å². The van der Waals surface area contributed by atoms with Crippen LogP contribution in [0.2, 0.25) is 0 Å². The molecule has 0 unspecified atom stereocenters. The van der Waals surface area contributed by atoms with Crippen LogP contribution in [0.15, 0.2) is 152 Å². The van der Waals surface area contributed by atoms with Gasteiger partial charge in [-0.05, 0) is 51.3 Å². The zero-order valence-electron chi connectivity index (χ0n) is 30.7. The molecule has 5 rings (SSSR count). The lowest BCUT2D eigenvalue weighted by Crippen LogP contribution is -2.10. The Balaban J connectivity index is 0.000000373. The standard InChI is InChI=1S/2C16H17NO.C7H7Cl.C5H8O2.ClH/c2*1-17(2)12-13-8-10-15(11-9-13)16(18)14-6-4-3-5-7-14;8-6-7-4-2-1-3-5-7;1-3-4(2)5(6)7;/h2*3-11H,12H2,1-2H3;1-5H,6H2;2-3H2,1H3,(H,6,7);1H. The first-order valence-electron chi connectivity index (χ1n) is 16.6. The summed E-state index contributed by atoms with van der Waals surface area (Å²) in [7, 11) is 8.12. The highest BCUT2D eigenvalue weighted by atomic mass is 35.5. The molecule has 6 nitrogen and oxygen atoms in total. The van der Waals surface area contributed by atoms with Gasteiger partial charge in [-0.1, -0.05) is 153 Å². The van der Waals surface area contributed by atoms with Crippen LogP contribution in [0.1, 0.15) is 61.9 Å². The SMILES string of the molecule is C=C(CC)C(=O)O.CN(C)Cc1ccc(C(=O)c2ccccc2)cc1.CN(C)Cc1ccc(C(=O)c2ccccc2)cc1.Cl.ClCc1ccccc1. The minimum atomic E-state index is -0.900. The molecular weight excluding hydrogens is 691 g/mol. The molecule has 0 bridgehead atoms. The molecule has 5 aromatic rings. The van der Waals surface area contributed by atoms with Crippen LogP contribution < -0.4 is 0 Å². The van der Waals surface area contributed by atoms with Crippen molar-refractivity contribution in [1.29, 1.82) is 0 Å². The highest BCUT2D eigenvalue weighted by Crippen LogP contribution is 2.13. The summed E-state index contributed by atoms with van der Waals surface area (Å²) in [5.74, 6) is -0.137. The molecule has 274 valence electrons. The quantitative estimate of drug-likeness (QED) is 0.0826. The molecule has 5 aromatic carbocycles. The molecule has 0 aliphatic carbocycles. The number of nitrogens with zero attached hydrogens (tertiary/aromatic N) is 2. The van der Waals surface area contributed by atoms with Crippen molar-refractivity contribution in [3.05, 3.63) is 191 Å². The molecule has 0 aliphatic rings. The average Bonchev–Trinajstić information content (AvgIpc) is 3.16. The second-order valence-corrected chi connectivity index (χ2v) is 12.4. The fourth-order valence-corrected chi connectivity index (χ4v) is 4.66. The number of carboxylic acid groups (broad SMARTS) is 1. The smallest absolute Gasteiger partial charge is 0.330 e. The van der Waals surface area contributed by atoms with Crippen LogP contribution in [0.3, 0.4) is 0 Å². The lowest BCUT2D eigenvalue weighted by molar-refractivity contribution is -0.132. The summed E-state index contributed by atoms with van der Waals surface area (Å²) in [6.07, 6.45) is 0.523. The van der Waals surface area contributed by atoms with Crippen molar-refractivity contribution in [2.75, 3.05) is 28.2 Å². The van der Waals surface area contributed by atoms with Gasteiger partial charge in [0.25, 0.3) is 0 Å². The van der Waals surface area contributed by atoms with Gasteiger partial charge in [0.2, 0.25) is 0 Å².